The van der Waals surface area contributed by atoms with Crippen molar-refractivity contribution in [2.24, 2.45) is 5.41 Å². The largest absolute Gasteiger partial charge is 0.416 e. The lowest BCUT2D eigenvalue weighted by Gasteiger charge is -2.41. The molecule has 1 heterocycles. The van der Waals surface area contributed by atoms with Crippen molar-refractivity contribution in [2.75, 3.05) is 25.0 Å². The molecular formula is C19H26F3N3OS. The molecule has 150 valence electrons. The number of piperazine rings is 1. The fourth-order valence-electron chi connectivity index (χ4n) is 2.99. The van der Waals surface area contributed by atoms with Gasteiger partial charge in [-0.25, -0.2) is 0 Å². The summed E-state index contributed by atoms with van der Waals surface area (Å²) in [4.78, 5) is 16.2. The summed E-state index contributed by atoms with van der Waals surface area (Å²) in [5.74, 6) is 0.135. The molecule has 1 fully saturated rings. The van der Waals surface area contributed by atoms with E-state index >= 15 is 0 Å². The topological polar surface area (TPSA) is 35.6 Å². The van der Waals surface area contributed by atoms with Crippen molar-refractivity contribution in [3.8, 4) is 0 Å². The van der Waals surface area contributed by atoms with Gasteiger partial charge >= 0.3 is 6.18 Å². The summed E-state index contributed by atoms with van der Waals surface area (Å²) < 4.78 is 37.9. The predicted molar refractivity (Wildman–Crippen MR) is 104 cm³/mol. The van der Waals surface area contributed by atoms with Gasteiger partial charge in [-0.3, -0.25) is 4.79 Å². The van der Waals surface area contributed by atoms with Crippen LogP contribution in [0.15, 0.2) is 24.3 Å². The van der Waals surface area contributed by atoms with Gasteiger partial charge in [0.05, 0.1) is 5.56 Å². The Morgan fingerprint density at radius 1 is 1.19 bits per heavy atom. The van der Waals surface area contributed by atoms with Gasteiger partial charge in [-0.2, -0.15) is 13.2 Å². The van der Waals surface area contributed by atoms with Gasteiger partial charge in [0.25, 0.3) is 0 Å². The summed E-state index contributed by atoms with van der Waals surface area (Å²) in [6.07, 6.45) is -3.86. The zero-order chi connectivity index (χ0) is 20.4. The first-order valence-corrected chi connectivity index (χ1v) is 9.30. The molecule has 0 aromatic heterocycles. The molecule has 1 aliphatic rings. The third kappa shape index (κ3) is 6.09. The van der Waals surface area contributed by atoms with Crippen LogP contribution in [0.25, 0.3) is 0 Å². The fourth-order valence-corrected chi connectivity index (χ4v) is 3.38. The number of nitrogens with zero attached hydrogens (tertiary/aromatic N) is 2. The van der Waals surface area contributed by atoms with Crippen molar-refractivity contribution in [1.82, 2.24) is 9.80 Å². The summed E-state index contributed by atoms with van der Waals surface area (Å²) in [7, 11) is 0. The highest BCUT2D eigenvalue weighted by Gasteiger charge is 2.31. The molecular weight excluding hydrogens is 375 g/mol. The molecule has 0 aliphatic carbocycles. The molecule has 0 bridgehead atoms. The Kier molecular flexibility index (Phi) is 6.39. The van der Waals surface area contributed by atoms with Crippen LogP contribution in [0.3, 0.4) is 0 Å². The van der Waals surface area contributed by atoms with Crippen molar-refractivity contribution in [2.45, 2.75) is 46.3 Å². The predicted octanol–water partition coefficient (Wildman–Crippen LogP) is 4.37. The third-order valence-corrected chi connectivity index (χ3v) is 4.72. The van der Waals surface area contributed by atoms with Gasteiger partial charge in [0.15, 0.2) is 5.11 Å². The van der Waals surface area contributed by atoms with Gasteiger partial charge in [-0.15, -0.1) is 0 Å². The number of nitrogens with one attached hydrogen (secondary N) is 1. The molecule has 1 unspecified atom stereocenters. The minimum Gasteiger partial charge on any atom is -0.343 e. The summed E-state index contributed by atoms with van der Waals surface area (Å²) >= 11 is 5.42. The van der Waals surface area contributed by atoms with Crippen LogP contribution in [0.1, 0.15) is 39.7 Å². The van der Waals surface area contributed by atoms with E-state index in [4.69, 9.17) is 12.2 Å². The van der Waals surface area contributed by atoms with Crippen LogP contribution in [0.2, 0.25) is 0 Å². The molecule has 1 aromatic rings. The maximum absolute atomic E-state index is 12.6. The van der Waals surface area contributed by atoms with E-state index in [1.807, 2.05) is 37.5 Å². The van der Waals surface area contributed by atoms with Crippen LogP contribution in [0.5, 0.6) is 0 Å². The third-order valence-electron chi connectivity index (χ3n) is 4.39. The van der Waals surface area contributed by atoms with E-state index in [1.165, 1.54) is 12.1 Å². The van der Waals surface area contributed by atoms with Crippen LogP contribution in [-0.4, -0.2) is 46.5 Å². The highest BCUT2D eigenvalue weighted by molar-refractivity contribution is 7.80. The number of benzene rings is 1. The molecule has 2 rings (SSSR count). The fraction of sp³-hybridized carbons (Fsp3) is 0.579. The minimum atomic E-state index is -4.36. The maximum Gasteiger partial charge on any atom is 0.416 e. The van der Waals surface area contributed by atoms with Gasteiger partial charge < -0.3 is 15.1 Å². The van der Waals surface area contributed by atoms with Crippen molar-refractivity contribution < 1.29 is 18.0 Å². The molecule has 1 aromatic carbocycles. The highest BCUT2D eigenvalue weighted by Crippen LogP contribution is 2.30. The first kappa shape index (κ1) is 21.5. The molecule has 0 saturated carbocycles. The van der Waals surface area contributed by atoms with Crippen molar-refractivity contribution in [3.05, 3.63) is 29.8 Å². The first-order chi connectivity index (χ1) is 12.4. The Morgan fingerprint density at radius 3 is 2.26 bits per heavy atom. The number of hydrogen-bond acceptors (Lipinski definition) is 2. The molecule has 0 spiro atoms. The molecule has 8 heteroatoms. The van der Waals surface area contributed by atoms with E-state index in [2.05, 4.69) is 5.32 Å². The Labute approximate surface area is 163 Å². The lowest BCUT2D eigenvalue weighted by molar-refractivity contribution is -0.137. The van der Waals surface area contributed by atoms with E-state index in [1.54, 1.807) is 0 Å². The van der Waals surface area contributed by atoms with E-state index in [9.17, 15) is 18.0 Å². The zero-order valence-corrected chi connectivity index (χ0v) is 16.9. The monoisotopic (exact) mass is 401 g/mol. The lowest BCUT2D eigenvalue weighted by atomic mass is 9.91. The quantitative estimate of drug-likeness (QED) is 0.747. The maximum atomic E-state index is 12.6. The Balaban J connectivity index is 1.94. The molecule has 1 atom stereocenters. The molecule has 1 N–H and O–H groups in total. The summed E-state index contributed by atoms with van der Waals surface area (Å²) in [5.41, 5.74) is -0.249. The number of thiocarbonyl (C=S) groups is 1. The second-order valence-corrected chi connectivity index (χ2v) is 8.51. The van der Waals surface area contributed by atoms with Gasteiger partial charge in [0.2, 0.25) is 5.91 Å². The van der Waals surface area contributed by atoms with Crippen molar-refractivity contribution in [3.63, 3.8) is 0 Å². The summed E-state index contributed by atoms with van der Waals surface area (Å²) in [6, 6.07) is 4.80. The summed E-state index contributed by atoms with van der Waals surface area (Å²) in [5, 5.41) is 3.44. The number of carbonyl (C=O) groups is 1. The second kappa shape index (κ2) is 8.04. The van der Waals surface area contributed by atoms with Gasteiger partial charge in [-0.1, -0.05) is 20.8 Å². The smallest absolute Gasteiger partial charge is 0.343 e. The molecule has 4 nitrogen and oxygen atoms in total. The molecule has 0 radical (unpaired) electrons. The second-order valence-electron chi connectivity index (χ2n) is 8.12. The molecule has 1 amide bonds. The Bertz CT molecular complexity index is 683. The van der Waals surface area contributed by atoms with Crippen LogP contribution in [0.4, 0.5) is 18.9 Å². The normalized spacial score (nSPS) is 18.4. The SMILES string of the molecule is CC1CN(C(=O)CC(C)(C)C)CCN1C(=S)Nc1ccc(C(F)(F)F)cc1. The molecule has 1 saturated heterocycles. The molecule has 27 heavy (non-hydrogen) atoms. The van der Waals surface area contributed by atoms with E-state index in [0.717, 1.165) is 12.1 Å². The number of alkyl halides is 3. The average molecular weight is 401 g/mol. The van der Waals surface area contributed by atoms with Crippen LogP contribution in [0, 0.1) is 5.41 Å². The first-order valence-electron chi connectivity index (χ1n) is 8.89. The molecule has 1 aliphatic heterocycles. The minimum absolute atomic E-state index is 0.0251. The number of halogens is 3. The van der Waals surface area contributed by atoms with E-state index < -0.39 is 11.7 Å². The average Bonchev–Trinajstić information content (AvgIpc) is 2.52. The van der Waals surface area contributed by atoms with E-state index in [0.29, 0.717) is 36.9 Å². The number of anilines is 1. The number of carbonyl (C=O) groups excluding carboxylic acids is 1. The summed E-state index contributed by atoms with van der Waals surface area (Å²) in [6.45, 7) is 9.83. The van der Waals surface area contributed by atoms with Crippen molar-refractivity contribution in [1.29, 1.82) is 0 Å². The Morgan fingerprint density at radius 2 is 1.78 bits per heavy atom. The number of amides is 1. The van der Waals surface area contributed by atoms with Gasteiger partial charge in [0.1, 0.15) is 0 Å². The van der Waals surface area contributed by atoms with Crippen molar-refractivity contribution >= 4 is 28.9 Å². The standard InChI is InChI=1S/C19H26F3N3OS/c1-13-12-24(16(26)11-18(2,3)4)9-10-25(13)17(27)23-15-7-5-14(6-8-15)19(20,21)22/h5-8,13H,9-12H2,1-4H3,(H,23,27). The lowest BCUT2D eigenvalue weighted by Crippen LogP contribution is -2.56. The van der Waals surface area contributed by atoms with Crippen LogP contribution >= 0.6 is 12.2 Å². The Hall–Kier alpha value is -1.83. The van der Waals surface area contributed by atoms with Crippen LogP contribution < -0.4 is 5.32 Å². The zero-order valence-electron chi connectivity index (χ0n) is 16.1. The number of rotatable bonds is 2. The number of hydrogen-bond donors (Lipinski definition) is 1. The van der Waals surface area contributed by atoms with Crippen LogP contribution in [-0.2, 0) is 11.0 Å². The van der Waals surface area contributed by atoms with Gasteiger partial charge in [-0.05, 0) is 48.8 Å². The highest BCUT2D eigenvalue weighted by atomic mass is 32.1. The van der Waals surface area contributed by atoms with Gasteiger partial charge in [0, 0.05) is 37.8 Å². The van der Waals surface area contributed by atoms with E-state index in [-0.39, 0.29) is 17.4 Å².